The molecule has 3 aromatic rings. The third-order valence-corrected chi connectivity index (χ3v) is 4.36. The fourth-order valence-corrected chi connectivity index (χ4v) is 3.07. The zero-order valence-electron chi connectivity index (χ0n) is 14.2. The van der Waals surface area contributed by atoms with Gasteiger partial charge in [0.15, 0.2) is 0 Å². The van der Waals surface area contributed by atoms with Gasteiger partial charge in [0.1, 0.15) is 11.8 Å². The SMILES string of the molecule is O=C(c1cc(-c2ccccc2)n[nH]1)N1CCC[C@@H](Oc2ncccn2)C1. The first-order chi connectivity index (χ1) is 12.8. The van der Waals surface area contributed by atoms with E-state index >= 15 is 0 Å². The maximum Gasteiger partial charge on any atom is 0.316 e. The van der Waals surface area contributed by atoms with E-state index in [4.69, 9.17) is 4.74 Å². The van der Waals surface area contributed by atoms with Gasteiger partial charge in [0, 0.05) is 24.5 Å². The maximum atomic E-state index is 12.8. The maximum absolute atomic E-state index is 12.8. The Hall–Kier alpha value is -3.22. The fraction of sp³-hybridized carbons (Fsp3) is 0.263. The van der Waals surface area contributed by atoms with E-state index in [1.165, 1.54) is 0 Å². The predicted molar refractivity (Wildman–Crippen MR) is 95.6 cm³/mol. The van der Waals surface area contributed by atoms with Gasteiger partial charge in [-0.3, -0.25) is 9.89 Å². The molecule has 0 aliphatic carbocycles. The molecule has 7 nitrogen and oxygen atoms in total. The van der Waals surface area contributed by atoms with Gasteiger partial charge in [-0.1, -0.05) is 30.3 Å². The van der Waals surface area contributed by atoms with Gasteiger partial charge >= 0.3 is 6.01 Å². The van der Waals surface area contributed by atoms with Gasteiger partial charge in [-0.15, -0.1) is 0 Å². The van der Waals surface area contributed by atoms with Crippen LogP contribution in [0.2, 0.25) is 0 Å². The Balaban J connectivity index is 1.44. The summed E-state index contributed by atoms with van der Waals surface area (Å²) < 4.78 is 5.80. The van der Waals surface area contributed by atoms with Crippen LogP contribution < -0.4 is 4.74 Å². The minimum atomic E-state index is -0.105. The average Bonchev–Trinajstić information content (AvgIpc) is 3.19. The zero-order valence-corrected chi connectivity index (χ0v) is 14.2. The molecule has 1 fully saturated rings. The highest BCUT2D eigenvalue weighted by Gasteiger charge is 2.27. The molecule has 1 aromatic carbocycles. The molecule has 1 atom stereocenters. The molecule has 1 saturated heterocycles. The normalized spacial score (nSPS) is 17.1. The van der Waals surface area contributed by atoms with Gasteiger partial charge in [-0.25, -0.2) is 9.97 Å². The summed E-state index contributed by atoms with van der Waals surface area (Å²) in [7, 11) is 0. The number of benzene rings is 1. The number of carbonyl (C=O) groups excluding carboxylic acids is 1. The number of ether oxygens (including phenoxy) is 1. The molecular weight excluding hydrogens is 330 g/mol. The number of hydrogen-bond donors (Lipinski definition) is 1. The Labute approximate surface area is 151 Å². The molecule has 0 unspecified atom stereocenters. The number of nitrogens with one attached hydrogen (secondary N) is 1. The third-order valence-electron chi connectivity index (χ3n) is 4.36. The largest absolute Gasteiger partial charge is 0.458 e. The summed E-state index contributed by atoms with van der Waals surface area (Å²) in [6.45, 7) is 1.21. The molecule has 0 radical (unpaired) electrons. The Bertz CT molecular complexity index is 866. The van der Waals surface area contributed by atoms with Crippen molar-refractivity contribution in [1.29, 1.82) is 0 Å². The summed E-state index contributed by atoms with van der Waals surface area (Å²) in [5, 5.41) is 7.12. The van der Waals surface area contributed by atoms with Crippen LogP contribution in [0.15, 0.2) is 54.9 Å². The van der Waals surface area contributed by atoms with Crippen LogP contribution >= 0.6 is 0 Å². The highest BCUT2D eigenvalue weighted by molar-refractivity contribution is 5.93. The number of piperidine rings is 1. The third kappa shape index (κ3) is 3.56. The lowest BCUT2D eigenvalue weighted by Crippen LogP contribution is -2.44. The second-order valence-electron chi connectivity index (χ2n) is 6.20. The molecule has 132 valence electrons. The Morgan fingerprint density at radius 3 is 2.77 bits per heavy atom. The van der Waals surface area contributed by atoms with E-state index in [0.717, 1.165) is 24.1 Å². The van der Waals surface area contributed by atoms with Crippen LogP contribution in [-0.2, 0) is 0 Å². The molecule has 26 heavy (non-hydrogen) atoms. The molecule has 0 saturated carbocycles. The van der Waals surface area contributed by atoms with Crippen LogP contribution in [0.1, 0.15) is 23.3 Å². The second-order valence-corrected chi connectivity index (χ2v) is 6.20. The summed E-state index contributed by atoms with van der Waals surface area (Å²) >= 11 is 0. The lowest BCUT2D eigenvalue weighted by atomic mass is 10.1. The van der Waals surface area contributed by atoms with Crippen molar-refractivity contribution in [3.05, 3.63) is 60.6 Å². The predicted octanol–water partition coefficient (Wildman–Crippen LogP) is 2.55. The molecule has 1 aliphatic heterocycles. The quantitative estimate of drug-likeness (QED) is 0.782. The van der Waals surface area contributed by atoms with Crippen LogP contribution in [0.4, 0.5) is 0 Å². The Kier molecular flexibility index (Phi) is 4.59. The van der Waals surface area contributed by atoms with Crippen LogP contribution in [0.25, 0.3) is 11.3 Å². The number of aromatic nitrogens is 4. The average molecular weight is 349 g/mol. The van der Waals surface area contributed by atoms with Gasteiger partial charge in [0.25, 0.3) is 5.91 Å². The molecule has 3 heterocycles. The Morgan fingerprint density at radius 2 is 1.96 bits per heavy atom. The van der Waals surface area contributed by atoms with Crippen LogP contribution in [0.3, 0.4) is 0 Å². The molecule has 4 rings (SSSR count). The number of H-pyrrole nitrogens is 1. The molecule has 0 spiro atoms. The van der Waals surface area contributed by atoms with Crippen molar-refractivity contribution in [3.63, 3.8) is 0 Å². The van der Waals surface area contributed by atoms with Crippen molar-refractivity contribution in [2.75, 3.05) is 13.1 Å². The van der Waals surface area contributed by atoms with E-state index in [2.05, 4.69) is 20.2 Å². The topological polar surface area (TPSA) is 84.0 Å². The number of amides is 1. The van der Waals surface area contributed by atoms with Crippen molar-refractivity contribution in [3.8, 4) is 17.3 Å². The minimum Gasteiger partial charge on any atom is -0.458 e. The van der Waals surface area contributed by atoms with Gasteiger partial charge in [-0.2, -0.15) is 5.10 Å². The number of rotatable bonds is 4. The number of aromatic amines is 1. The fourth-order valence-electron chi connectivity index (χ4n) is 3.07. The van der Waals surface area contributed by atoms with E-state index in [1.54, 1.807) is 29.4 Å². The van der Waals surface area contributed by atoms with Gasteiger partial charge in [0.05, 0.1) is 12.2 Å². The van der Waals surface area contributed by atoms with Crippen LogP contribution in [0, 0.1) is 0 Å². The van der Waals surface area contributed by atoms with Crippen molar-refractivity contribution in [2.24, 2.45) is 0 Å². The van der Waals surface area contributed by atoms with Gasteiger partial charge in [-0.05, 0) is 25.0 Å². The molecule has 1 aliphatic rings. The summed E-state index contributed by atoms with van der Waals surface area (Å²) in [4.78, 5) is 22.8. The molecule has 2 aromatic heterocycles. The second kappa shape index (κ2) is 7.35. The summed E-state index contributed by atoms with van der Waals surface area (Å²) in [6, 6.07) is 13.7. The number of likely N-dealkylation sites (tertiary alicyclic amines) is 1. The number of nitrogens with zero attached hydrogens (tertiary/aromatic N) is 4. The zero-order chi connectivity index (χ0) is 17.8. The summed E-state index contributed by atoms with van der Waals surface area (Å²) in [5.41, 5.74) is 2.22. The van der Waals surface area contributed by atoms with E-state index < -0.39 is 0 Å². The smallest absolute Gasteiger partial charge is 0.316 e. The first-order valence-corrected chi connectivity index (χ1v) is 8.63. The van der Waals surface area contributed by atoms with Crippen LogP contribution in [0.5, 0.6) is 6.01 Å². The van der Waals surface area contributed by atoms with Crippen molar-refractivity contribution in [2.45, 2.75) is 18.9 Å². The van der Waals surface area contributed by atoms with Crippen molar-refractivity contribution < 1.29 is 9.53 Å². The monoisotopic (exact) mass is 349 g/mol. The summed E-state index contributed by atoms with van der Waals surface area (Å²) in [5.74, 6) is -0.0676. The number of carbonyl (C=O) groups is 1. The van der Waals surface area contributed by atoms with Gasteiger partial charge in [0.2, 0.25) is 0 Å². The highest BCUT2D eigenvalue weighted by Crippen LogP contribution is 2.20. The molecule has 1 amide bonds. The van der Waals surface area contributed by atoms with E-state index in [9.17, 15) is 4.79 Å². The minimum absolute atomic E-state index is 0.0676. The van der Waals surface area contributed by atoms with Crippen molar-refractivity contribution >= 4 is 5.91 Å². The summed E-state index contributed by atoms with van der Waals surface area (Å²) in [6.07, 6.45) is 4.93. The Morgan fingerprint density at radius 1 is 1.15 bits per heavy atom. The van der Waals surface area contributed by atoms with Crippen molar-refractivity contribution in [1.82, 2.24) is 25.1 Å². The molecule has 1 N–H and O–H groups in total. The van der Waals surface area contributed by atoms with Gasteiger partial charge < -0.3 is 9.64 Å². The standard InChI is InChI=1S/C19H19N5O2/c25-18(17-12-16(22-23-17)14-6-2-1-3-7-14)24-11-4-8-15(13-24)26-19-20-9-5-10-21-19/h1-3,5-7,9-10,12,15H,4,8,11,13H2,(H,22,23)/t15-/m1/s1. The van der Waals surface area contributed by atoms with E-state index in [1.807, 2.05) is 30.3 Å². The van der Waals surface area contributed by atoms with Crippen LogP contribution in [-0.4, -0.2) is 50.2 Å². The van der Waals surface area contributed by atoms with E-state index in [-0.39, 0.29) is 12.0 Å². The van der Waals surface area contributed by atoms with E-state index in [0.29, 0.717) is 24.8 Å². The molecular formula is C19H19N5O2. The highest BCUT2D eigenvalue weighted by atomic mass is 16.5. The first-order valence-electron chi connectivity index (χ1n) is 8.63. The lowest BCUT2D eigenvalue weighted by molar-refractivity contribution is 0.0510. The number of hydrogen-bond acceptors (Lipinski definition) is 5. The molecule has 0 bridgehead atoms. The lowest BCUT2D eigenvalue weighted by Gasteiger charge is -2.31. The first kappa shape index (κ1) is 16.3. The molecule has 7 heteroatoms.